The van der Waals surface area contributed by atoms with Gasteiger partial charge in [0, 0.05) is 24.3 Å². The molecule has 1 N–H and O–H groups in total. The topological polar surface area (TPSA) is 84.9 Å². The fourth-order valence-electron chi connectivity index (χ4n) is 3.95. The van der Waals surface area contributed by atoms with Crippen LogP contribution in [0, 0.1) is 26.7 Å². The van der Waals surface area contributed by atoms with E-state index < -0.39 is 24.4 Å². The van der Waals surface area contributed by atoms with Gasteiger partial charge in [0.2, 0.25) is 5.91 Å². The van der Waals surface area contributed by atoms with Crippen LogP contribution in [0.2, 0.25) is 0 Å². The molecule has 1 atom stereocenters. The number of aryl methyl sites for hydroxylation is 3. The van der Waals surface area contributed by atoms with Crippen LogP contribution >= 0.6 is 0 Å². The second kappa shape index (κ2) is 10.4. The van der Waals surface area contributed by atoms with Crippen molar-refractivity contribution in [2.45, 2.75) is 27.2 Å². The van der Waals surface area contributed by atoms with Gasteiger partial charge in [-0.2, -0.15) is 0 Å². The normalized spacial score (nSPS) is 15.1. The molecule has 1 aliphatic rings. The summed E-state index contributed by atoms with van der Waals surface area (Å²) in [5.41, 5.74) is 4.52. The van der Waals surface area contributed by atoms with Crippen LogP contribution < -0.4 is 15.0 Å². The maximum atomic E-state index is 12.5. The summed E-state index contributed by atoms with van der Waals surface area (Å²) >= 11 is 0. The monoisotopic (exact) mass is 472 g/mol. The van der Waals surface area contributed by atoms with Gasteiger partial charge in [-0.3, -0.25) is 14.4 Å². The molecule has 3 aromatic carbocycles. The SMILES string of the molecule is Cc1ccc(Oc2ccc(N3C[C@H](C(=O)OCC(=O)Nc4ccc(C)cc4C)CC3=O)cc2)cc1. The molecule has 7 heteroatoms. The number of amides is 2. The molecule has 1 aliphatic heterocycles. The highest BCUT2D eigenvalue weighted by Crippen LogP contribution is 2.29. The van der Waals surface area contributed by atoms with Crippen molar-refractivity contribution in [2.24, 2.45) is 5.92 Å². The predicted molar refractivity (Wildman–Crippen MR) is 134 cm³/mol. The zero-order valence-corrected chi connectivity index (χ0v) is 20.0. The number of ether oxygens (including phenoxy) is 2. The molecule has 4 rings (SSSR count). The molecule has 0 aromatic heterocycles. The Kier molecular flexibility index (Phi) is 7.15. The zero-order chi connectivity index (χ0) is 24.9. The highest BCUT2D eigenvalue weighted by atomic mass is 16.5. The molecule has 0 bridgehead atoms. The number of carbonyl (C=O) groups excluding carboxylic acids is 3. The number of anilines is 2. The summed E-state index contributed by atoms with van der Waals surface area (Å²) in [5.74, 6) is -0.398. The highest BCUT2D eigenvalue weighted by molar-refractivity contribution is 6.00. The maximum Gasteiger partial charge on any atom is 0.311 e. The number of benzene rings is 3. The third-order valence-corrected chi connectivity index (χ3v) is 5.86. The fourth-order valence-corrected chi connectivity index (χ4v) is 3.95. The average molecular weight is 473 g/mol. The number of carbonyl (C=O) groups is 3. The fraction of sp³-hybridized carbons (Fsp3) is 0.250. The van der Waals surface area contributed by atoms with E-state index in [0.717, 1.165) is 22.4 Å². The van der Waals surface area contributed by atoms with E-state index in [0.29, 0.717) is 17.1 Å². The first-order valence-corrected chi connectivity index (χ1v) is 11.5. The molecule has 35 heavy (non-hydrogen) atoms. The van der Waals surface area contributed by atoms with Crippen molar-refractivity contribution in [1.29, 1.82) is 0 Å². The van der Waals surface area contributed by atoms with E-state index in [9.17, 15) is 14.4 Å². The predicted octanol–water partition coefficient (Wildman–Crippen LogP) is 4.94. The van der Waals surface area contributed by atoms with Gasteiger partial charge in [-0.15, -0.1) is 0 Å². The number of rotatable bonds is 7. The molecule has 1 saturated heterocycles. The summed E-state index contributed by atoms with van der Waals surface area (Å²) in [6.07, 6.45) is 0.0408. The molecular formula is C28H28N2O5. The minimum Gasteiger partial charge on any atom is -0.457 e. The molecule has 1 fully saturated rings. The molecule has 3 aromatic rings. The van der Waals surface area contributed by atoms with Crippen LogP contribution in [0.5, 0.6) is 11.5 Å². The Labute approximate surface area is 204 Å². The quantitative estimate of drug-likeness (QED) is 0.493. The number of nitrogens with one attached hydrogen (secondary N) is 1. The lowest BCUT2D eigenvalue weighted by atomic mass is 10.1. The maximum absolute atomic E-state index is 12.5. The first kappa shape index (κ1) is 24.0. The largest absolute Gasteiger partial charge is 0.457 e. The van der Waals surface area contributed by atoms with Crippen molar-refractivity contribution in [3.8, 4) is 11.5 Å². The summed E-state index contributed by atoms with van der Waals surface area (Å²) < 4.78 is 11.0. The van der Waals surface area contributed by atoms with Gasteiger partial charge in [0.1, 0.15) is 11.5 Å². The zero-order valence-electron chi connectivity index (χ0n) is 20.0. The van der Waals surface area contributed by atoms with E-state index in [1.807, 2.05) is 63.2 Å². The van der Waals surface area contributed by atoms with Crippen molar-refractivity contribution >= 4 is 29.2 Å². The molecular weight excluding hydrogens is 444 g/mol. The van der Waals surface area contributed by atoms with E-state index in [-0.39, 0.29) is 18.9 Å². The lowest BCUT2D eigenvalue weighted by Crippen LogP contribution is -2.28. The van der Waals surface area contributed by atoms with Crippen molar-refractivity contribution in [3.05, 3.63) is 83.4 Å². The van der Waals surface area contributed by atoms with Gasteiger partial charge in [0.25, 0.3) is 5.91 Å². The van der Waals surface area contributed by atoms with Gasteiger partial charge in [0.15, 0.2) is 6.61 Å². The van der Waals surface area contributed by atoms with Gasteiger partial charge >= 0.3 is 5.97 Å². The lowest BCUT2D eigenvalue weighted by molar-refractivity contribution is -0.151. The Balaban J connectivity index is 1.29. The van der Waals surface area contributed by atoms with Crippen molar-refractivity contribution < 1.29 is 23.9 Å². The summed E-state index contributed by atoms with van der Waals surface area (Å²) in [5, 5.41) is 2.75. The van der Waals surface area contributed by atoms with Crippen molar-refractivity contribution in [3.63, 3.8) is 0 Å². The highest BCUT2D eigenvalue weighted by Gasteiger charge is 2.36. The summed E-state index contributed by atoms with van der Waals surface area (Å²) in [6.45, 7) is 5.68. The van der Waals surface area contributed by atoms with Gasteiger partial charge in [-0.05, 0) is 68.8 Å². The Morgan fingerprint density at radius 3 is 2.20 bits per heavy atom. The van der Waals surface area contributed by atoms with Crippen molar-refractivity contribution in [2.75, 3.05) is 23.4 Å². The van der Waals surface area contributed by atoms with E-state index in [1.54, 1.807) is 29.2 Å². The Hall–Kier alpha value is -4.13. The summed E-state index contributed by atoms with van der Waals surface area (Å²) in [6, 6.07) is 20.5. The Morgan fingerprint density at radius 1 is 0.914 bits per heavy atom. The summed E-state index contributed by atoms with van der Waals surface area (Å²) in [4.78, 5) is 38.8. The third kappa shape index (κ3) is 6.06. The minimum absolute atomic E-state index is 0.0408. The number of hydrogen-bond acceptors (Lipinski definition) is 5. The molecule has 0 spiro atoms. The molecule has 2 amide bonds. The van der Waals surface area contributed by atoms with Gasteiger partial charge in [-0.1, -0.05) is 35.4 Å². The molecule has 0 unspecified atom stereocenters. The van der Waals surface area contributed by atoms with Gasteiger partial charge in [-0.25, -0.2) is 0 Å². The van der Waals surface area contributed by atoms with E-state index >= 15 is 0 Å². The average Bonchev–Trinajstić information content (AvgIpc) is 3.23. The van der Waals surface area contributed by atoms with Gasteiger partial charge in [0.05, 0.1) is 5.92 Å². The van der Waals surface area contributed by atoms with Crippen LogP contribution in [-0.4, -0.2) is 30.9 Å². The minimum atomic E-state index is -0.625. The van der Waals surface area contributed by atoms with E-state index in [4.69, 9.17) is 9.47 Å². The van der Waals surface area contributed by atoms with Crippen LogP contribution in [0.4, 0.5) is 11.4 Å². The van der Waals surface area contributed by atoms with Crippen molar-refractivity contribution in [1.82, 2.24) is 0 Å². The van der Waals surface area contributed by atoms with E-state index in [1.165, 1.54) is 0 Å². The Bertz CT molecular complexity index is 1240. The van der Waals surface area contributed by atoms with Crippen LogP contribution in [0.3, 0.4) is 0 Å². The second-order valence-corrected chi connectivity index (χ2v) is 8.79. The number of hydrogen-bond donors (Lipinski definition) is 1. The summed E-state index contributed by atoms with van der Waals surface area (Å²) in [7, 11) is 0. The smallest absolute Gasteiger partial charge is 0.311 e. The second-order valence-electron chi connectivity index (χ2n) is 8.79. The van der Waals surface area contributed by atoms with E-state index in [2.05, 4.69) is 5.32 Å². The molecule has 1 heterocycles. The molecule has 0 radical (unpaired) electrons. The first-order valence-electron chi connectivity index (χ1n) is 11.5. The number of nitrogens with zero attached hydrogens (tertiary/aromatic N) is 1. The molecule has 180 valence electrons. The van der Waals surface area contributed by atoms with Crippen LogP contribution in [0.1, 0.15) is 23.1 Å². The Morgan fingerprint density at radius 2 is 1.54 bits per heavy atom. The number of esters is 1. The first-order chi connectivity index (χ1) is 16.8. The third-order valence-electron chi connectivity index (χ3n) is 5.86. The molecule has 0 saturated carbocycles. The standard InChI is InChI=1S/C28H28N2O5/c1-18-4-9-23(10-5-18)35-24-11-7-22(8-12-24)30-16-21(15-27(30)32)28(33)34-17-26(31)29-25-13-6-19(2)14-20(25)3/h4-14,21H,15-17H2,1-3H3,(H,29,31)/t21-/m1/s1. The molecule has 7 nitrogen and oxygen atoms in total. The molecule has 0 aliphatic carbocycles. The van der Waals surface area contributed by atoms with Crippen LogP contribution in [-0.2, 0) is 19.1 Å². The lowest BCUT2D eigenvalue weighted by Gasteiger charge is -2.17. The van der Waals surface area contributed by atoms with Crippen LogP contribution in [0.25, 0.3) is 0 Å². The van der Waals surface area contributed by atoms with Gasteiger partial charge < -0.3 is 19.7 Å². The van der Waals surface area contributed by atoms with Crippen LogP contribution in [0.15, 0.2) is 66.7 Å².